The zero-order valence-electron chi connectivity index (χ0n) is 15.9. The summed E-state index contributed by atoms with van der Waals surface area (Å²) in [4.78, 5) is 21.4. The molecular formula is C18H33NNaO5+. The third-order valence-electron chi connectivity index (χ3n) is 4.17. The van der Waals surface area contributed by atoms with Gasteiger partial charge in [-0.2, -0.15) is 0 Å². The van der Waals surface area contributed by atoms with Crippen molar-refractivity contribution in [2.75, 3.05) is 26.2 Å². The molecule has 0 aliphatic carbocycles. The molecule has 0 saturated heterocycles. The number of aliphatic carboxylic acids is 2. The monoisotopic (exact) mass is 366 g/mol. The number of hydrogen-bond acceptors (Lipinski definition) is 4. The van der Waals surface area contributed by atoms with Crippen LogP contribution in [0.3, 0.4) is 0 Å². The molecule has 0 aromatic rings. The predicted molar refractivity (Wildman–Crippen MR) is 91.0 cm³/mol. The first-order valence-electron chi connectivity index (χ1n) is 9.01. The van der Waals surface area contributed by atoms with Crippen LogP contribution >= 0.6 is 0 Å². The maximum Gasteiger partial charge on any atom is 1.00 e. The Morgan fingerprint density at radius 1 is 1.00 bits per heavy atom. The molecule has 0 heterocycles. The van der Waals surface area contributed by atoms with E-state index in [-0.39, 0.29) is 49.0 Å². The largest absolute Gasteiger partial charge is 1.00 e. The predicted octanol–water partition coefficient (Wildman–Crippen LogP) is -1.32. The first kappa shape index (κ1) is 26.8. The number of nitrogens with zero attached hydrogens (tertiary/aromatic N) is 1. The summed E-state index contributed by atoms with van der Waals surface area (Å²) < 4.78 is 0.435. The topological polar surface area (TPSA) is 97.7 Å². The van der Waals surface area contributed by atoms with Gasteiger partial charge in [-0.3, -0.25) is 9.28 Å². The van der Waals surface area contributed by atoms with Gasteiger partial charge in [-0.15, -0.1) is 0 Å². The Balaban J connectivity index is 0. The summed E-state index contributed by atoms with van der Waals surface area (Å²) in [5, 5.41) is 28.9. The van der Waals surface area contributed by atoms with Crippen LogP contribution < -0.4 is 34.7 Å². The van der Waals surface area contributed by atoms with Crippen LogP contribution in [0.15, 0.2) is 12.3 Å². The number of allylic oxidation sites excluding steroid dienone is 1. The molecular weight excluding hydrogens is 333 g/mol. The fourth-order valence-electron chi connectivity index (χ4n) is 2.83. The maximum atomic E-state index is 10.7. The van der Waals surface area contributed by atoms with Gasteiger partial charge in [0, 0.05) is 18.8 Å². The van der Waals surface area contributed by atoms with Crippen molar-refractivity contribution in [1.29, 1.82) is 0 Å². The van der Waals surface area contributed by atoms with E-state index in [9.17, 15) is 19.8 Å². The van der Waals surface area contributed by atoms with Crippen LogP contribution in [0.25, 0.3) is 0 Å². The number of carbonyl (C=O) groups excluding carboxylic acids is 1. The van der Waals surface area contributed by atoms with Crippen LogP contribution in [0.5, 0.6) is 0 Å². The minimum absolute atomic E-state index is 0. The summed E-state index contributed by atoms with van der Waals surface area (Å²) in [5.41, 5.74) is 0. The van der Waals surface area contributed by atoms with Crippen LogP contribution in [0.2, 0.25) is 0 Å². The Bertz CT molecular complexity index is 368. The zero-order chi connectivity index (χ0) is 18.3. The summed E-state index contributed by atoms with van der Waals surface area (Å²) in [6.45, 7) is 3.78. The standard InChI is InChI=1S/C18H33NO5.Na/c1-2-3-4-5-6-7-12-19(15-16-20,13-8-10-17(21)22)14-9-11-18(23)24;/h7,12,20H,2-6,8-11,13-16H2,1H3,(H-,21,22,23,24);/q;+1/b12-7+;. The SMILES string of the molecule is CCCCCC/C=C/[N+](CCO)(CCCC(=O)[O-])CCCC(=O)O.[Na+]. The van der Waals surface area contributed by atoms with Crippen molar-refractivity contribution < 1.29 is 58.9 Å². The van der Waals surface area contributed by atoms with Gasteiger partial charge in [0.05, 0.1) is 32.3 Å². The molecule has 0 saturated carbocycles. The molecule has 0 amide bonds. The molecule has 0 aromatic carbocycles. The molecule has 6 nitrogen and oxygen atoms in total. The number of carboxylic acids is 2. The number of unbranched alkanes of at least 4 members (excludes halogenated alkanes) is 4. The average Bonchev–Trinajstić information content (AvgIpc) is 2.50. The van der Waals surface area contributed by atoms with Crippen molar-refractivity contribution in [3.05, 3.63) is 12.3 Å². The van der Waals surface area contributed by atoms with E-state index in [0.717, 1.165) is 12.8 Å². The van der Waals surface area contributed by atoms with Gasteiger partial charge in [-0.05, 0) is 25.3 Å². The number of hydrogen-bond donors (Lipinski definition) is 2. The molecule has 0 radical (unpaired) electrons. The molecule has 0 fully saturated rings. The Morgan fingerprint density at radius 3 is 2.16 bits per heavy atom. The molecule has 1 atom stereocenters. The van der Waals surface area contributed by atoms with E-state index in [1.165, 1.54) is 19.3 Å². The van der Waals surface area contributed by atoms with Crippen LogP contribution in [-0.4, -0.2) is 52.9 Å². The van der Waals surface area contributed by atoms with Crippen LogP contribution in [0.1, 0.15) is 64.7 Å². The molecule has 25 heavy (non-hydrogen) atoms. The average molecular weight is 366 g/mol. The van der Waals surface area contributed by atoms with Gasteiger partial charge in [0.15, 0.2) is 0 Å². The van der Waals surface area contributed by atoms with Gasteiger partial charge in [-0.1, -0.05) is 26.2 Å². The summed E-state index contributed by atoms with van der Waals surface area (Å²) >= 11 is 0. The van der Waals surface area contributed by atoms with Crippen molar-refractivity contribution in [3.63, 3.8) is 0 Å². The number of quaternary nitrogens is 1. The molecule has 7 heteroatoms. The van der Waals surface area contributed by atoms with E-state index in [2.05, 4.69) is 13.0 Å². The van der Waals surface area contributed by atoms with Gasteiger partial charge >= 0.3 is 35.5 Å². The Hall–Kier alpha value is -0.400. The smallest absolute Gasteiger partial charge is 0.550 e. The third-order valence-corrected chi connectivity index (χ3v) is 4.17. The van der Waals surface area contributed by atoms with E-state index < -0.39 is 11.9 Å². The molecule has 2 N–H and O–H groups in total. The van der Waals surface area contributed by atoms with Crippen LogP contribution in [-0.2, 0) is 9.59 Å². The maximum absolute atomic E-state index is 10.7. The zero-order valence-corrected chi connectivity index (χ0v) is 17.9. The Morgan fingerprint density at radius 2 is 1.64 bits per heavy atom. The molecule has 0 aromatic heterocycles. The fourth-order valence-corrected chi connectivity index (χ4v) is 2.83. The molecule has 0 aliphatic heterocycles. The molecule has 0 rings (SSSR count). The van der Waals surface area contributed by atoms with E-state index >= 15 is 0 Å². The summed E-state index contributed by atoms with van der Waals surface area (Å²) in [5.74, 6) is -1.92. The number of rotatable bonds is 16. The minimum Gasteiger partial charge on any atom is -0.550 e. The van der Waals surface area contributed by atoms with Gasteiger partial charge < -0.3 is 20.1 Å². The minimum atomic E-state index is -1.08. The van der Waals surface area contributed by atoms with E-state index in [4.69, 9.17) is 5.11 Å². The van der Waals surface area contributed by atoms with Gasteiger partial charge in [-0.25, -0.2) is 0 Å². The fraction of sp³-hybridized carbons (Fsp3) is 0.778. The van der Waals surface area contributed by atoms with Crippen molar-refractivity contribution >= 4 is 11.9 Å². The third kappa shape index (κ3) is 15.6. The molecule has 140 valence electrons. The first-order chi connectivity index (χ1) is 11.5. The van der Waals surface area contributed by atoms with Crippen molar-refractivity contribution in [3.8, 4) is 0 Å². The molecule has 0 bridgehead atoms. The van der Waals surface area contributed by atoms with Crippen LogP contribution in [0, 0.1) is 0 Å². The summed E-state index contributed by atoms with van der Waals surface area (Å²) in [7, 11) is 0. The number of carbonyl (C=O) groups is 2. The van der Waals surface area contributed by atoms with E-state index in [1.54, 1.807) is 0 Å². The summed E-state index contributed by atoms with van der Waals surface area (Å²) in [6, 6.07) is 0. The van der Waals surface area contributed by atoms with Gasteiger partial charge in [0.2, 0.25) is 0 Å². The second-order valence-electron chi connectivity index (χ2n) is 6.32. The second kappa shape index (κ2) is 17.0. The Kier molecular flexibility index (Phi) is 18.3. The molecule has 0 spiro atoms. The number of aliphatic hydroxyl groups excluding tert-OH is 1. The molecule has 1 unspecified atom stereocenters. The van der Waals surface area contributed by atoms with Crippen molar-refractivity contribution in [2.24, 2.45) is 0 Å². The van der Waals surface area contributed by atoms with Gasteiger partial charge in [0.25, 0.3) is 0 Å². The quantitative estimate of drug-likeness (QED) is 0.201. The Labute approximate surface area is 173 Å². The van der Waals surface area contributed by atoms with Crippen LogP contribution in [0.4, 0.5) is 0 Å². The van der Waals surface area contributed by atoms with E-state index in [1.807, 2.05) is 6.20 Å². The van der Waals surface area contributed by atoms with Gasteiger partial charge in [0.1, 0.15) is 6.54 Å². The normalized spacial score (nSPS) is 13.4. The van der Waals surface area contributed by atoms with E-state index in [0.29, 0.717) is 37.0 Å². The van der Waals surface area contributed by atoms with Crippen molar-refractivity contribution in [2.45, 2.75) is 64.7 Å². The summed E-state index contributed by atoms with van der Waals surface area (Å²) in [6.07, 6.45) is 10.8. The first-order valence-corrected chi connectivity index (χ1v) is 9.01. The van der Waals surface area contributed by atoms with Crippen molar-refractivity contribution in [1.82, 2.24) is 0 Å². The number of aliphatic hydroxyl groups is 1. The molecule has 0 aliphatic rings. The second-order valence-corrected chi connectivity index (χ2v) is 6.32. The number of carboxylic acid groups (broad SMARTS) is 2.